The van der Waals surface area contributed by atoms with Crippen molar-refractivity contribution in [3.05, 3.63) is 72.0 Å². The third-order valence-electron chi connectivity index (χ3n) is 5.44. The molecule has 166 valence electrons. The molecular weight excluding hydrogens is 428 g/mol. The summed E-state index contributed by atoms with van der Waals surface area (Å²) in [5.74, 6) is 0.949. The van der Waals surface area contributed by atoms with Crippen LogP contribution in [0.2, 0.25) is 5.02 Å². The number of anilines is 4. The Morgan fingerprint density at radius 1 is 1.09 bits per heavy atom. The molecule has 0 radical (unpaired) electrons. The van der Waals surface area contributed by atoms with Crippen LogP contribution < -0.4 is 9.80 Å². The largest absolute Gasteiger partial charge is 0.480 e. The van der Waals surface area contributed by atoms with Crippen molar-refractivity contribution in [3.63, 3.8) is 0 Å². The van der Waals surface area contributed by atoms with E-state index in [1.165, 1.54) is 0 Å². The average Bonchev–Trinajstić information content (AvgIpc) is 2.81. The van der Waals surface area contributed by atoms with Gasteiger partial charge >= 0.3 is 5.97 Å². The van der Waals surface area contributed by atoms with Crippen molar-refractivity contribution >= 4 is 40.6 Å². The van der Waals surface area contributed by atoms with Crippen molar-refractivity contribution in [3.8, 4) is 0 Å². The Bertz CT molecular complexity index is 1040. The van der Waals surface area contributed by atoms with E-state index in [0.29, 0.717) is 23.4 Å². The predicted molar refractivity (Wildman–Crippen MR) is 125 cm³/mol. The van der Waals surface area contributed by atoms with Gasteiger partial charge in [-0.1, -0.05) is 35.9 Å². The fourth-order valence-corrected chi connectivity index (χ4v) is 4.04. The molecule has 1 saturated heterocycles. The van der Waals surface area contributed by atoms with Crippen LogP contribution in [0.3, 0.4) is 0 Å². The maximum Gasteiger partial charge on any atom is 0.329 e. The highest BCUT2D eigenvalue weighted by molar-refractivity contribution is 6.30. The van der Waals surface area contributed by atoms with Gasteiger partial charge in [-0.2, -0.15) is 0 Å². The molecule has 1 aliphatic heterocycles. The zero-order valence-electron chi connectivity index (χ0n) is 17.6. The summed E-state index contributed by atoms with van der Waals surface area (Å²) in [5.41, 5.74) is 1.87. The fourth-order valence-electron chi connectivity index (χ4n) is 3.85. The Kier molecular flexibility index (Phi) is 7.19. The van der Waals surface area contributed by atoms with Crippen molar-refractivity contribution in [1.82, 2.24) is 9.97 Å². The number of aliphatic carboxylic acids is 1. The lowest BCUT2D eigenvalue weighted by Gasteiger charge is -2.33. The number of carboxylic acid groups (broad SMARTS) is 1. The van der Waals surface area contributed by atoms with Gasteiger partial charge in [-0.3, -0.25) is 9.88 Å². The van der Waals surface area contributed by atoms with Gasteiger partial charge in [-0.15, -0.1) is 0 Å². The predicted octanol–water partition coefficient (Wildman–Crippen LogP) is 4.92. The lowest BCUT2D eigenvalue weighted by Crippen LogP contribution is -2.36. The van der Waals surface area contributed by atoms with E-state index in [1.807, 2.05) is 59.5 Å². The van der Waals surface area contributed by atoms with Crippen LogP contribution in [0.5, 0.6) is 0 Å². The first-order valence-electron chi connectivity index (χ1n) is 10.6. The second kappa shape index (κ2) is 10.4. The van der Waals surface area contributed by atoms with Crippen molar-refractivity contribution in [2.24, 2.45) is 5.92 Å². The first-order valence-corrected chi connectivity index (χ1v) is 11.0. The monoisotopic (exact) mass is 452 g/mol. The van der Waals surface area contributed by atoms with Gasteiger partial charge in [-0.05, 0) is 49.1 Å². The topological polar surface area (TPSA) is 78.8 Å². The number of rotatable bonds is 8. The summed E-state index contributed by atoms with van der Waals surface area (Å²) >= 11 is 6.27. The van der Waals surface area contributed by atoms with Crippen LogP contribution in [-0.4, -0.2) is 47.3 Å². The van der Waals surface area contributed by atoms with Crippen LogP contribution in [-0.2, 0) is 9.53 Å². The van der Waals surface area contributed by atoms with Crippen molar-refractivity contribution in [2.45, 2.75) is 12.8 Å². The van der Waals surface area contributed by atoms with E-state index in [9.17, 15) is 4.79 Å². The summed E-state index contributed by atoms with van der Waals surface area (Å²) in [7, 11) is 0. The van der Waals surface area contributed by atoms with E-state index in [-0.39, 0.29) is 6.61 Å². The number of carbonyl (C=O) groups is 1. The lowest BCUT2D eigenvalue weighted by molar-refractivity contribution is -0.142. The van der Waals surface area contributed by atoms with E-state index >= 15 is 0 Å². The summed E-state index contributed by atoms with van der Waals surface area (Å²) in [6.07, 6.45) is 5.38. The quantitative estimate of drug-likeness (QED) is 0.519. The first kappa shape index (κ1) is 22.0. The third kappa shape index (κ3) is 5.55. The maximum absolute atomic E-state index is 10.6. The maximum atomic E-state index is 10.6. The van der Waals surface area contributed by atoms with E-state index in [2.05, 4.69) is 9.88 Å². The number of aromatic nitrogens is 2. The van der Waals surface area contributed by atoms with Crippen molar-refractivity contribution in [1.29, 1.82) is 0 Å². The number of halogens is 1. The van der Waals surface area contributed by atoms with Gasteiger partial charge < -0.3 is 14.7 Å². The van der Waals surface area contributed by atoms with Crippen LogP contribution in [0, 0.1) is 5.92 Å². The van der Waals surface area contributed by atoms with Crippen LogP contribution >= 0.6 is 11.6 Å². The molecule has 2 aromatic carbocycles. The minimum Gasteiger partial charge on any atom is -0.480 e. The second-order valence-corrected chi connectivity index (χ2v) is 8.16. The smallest absolute Gasteiger partial charge is 0.329 e. The number of hydrogen-bond donors (Lipinski definition) is 1. The molecule has 7 nitrogen and oxygen atoms in total. The molecule has 0 amide bonds. The Morgan fingerprint density at radius 2 is 1.84 bits per heavy atom. The molecule has 0 saturated carbocycles. The molecule has 3 aromatic rings. The van der Waals surface area contributed by atoms with Gasteiger partial charge in [0, 0.05) is 29.5 Å². The molecular formula is C24H25ClN4O3. The number of nitrogens with zero attached hydrogens (tertiary/aromatic N) is 4. The molecule has 4 rings (SSSR count). The number of para-hydroxylation sites is 1. The molecule has 0 spiro atoms. The highest BCUT2D eigenvalue weighted by Crippen LogP contribution is 2.35. The standard InChI is InChI=1S/C24H25ClN4O3/c25-19-5-4-8-21(13-19)29(20-6-2-1-3-7-20)23-15-26-14-22(27-23)28-11-9-18(10-12-28)16-32-17-24(30)31/h1-8,13-15,18H,9-12,16-17H2,(H,30,31). The molecule has 1 fully saturated rings. The molecule has 1 aromatic heterocycles. The van der Waals surface area contributed by atoms with Crippen LogP contribution in [0.1, 0.15) is 12.8 Å². The minimum atomic E-state index is -0.933. The molecule has 8 heteroatoms. The zero-order chi connectivity index (χ0) is 22.3. The van der Waals surface area contributed by atoms with Crippen molar-refractivity contribution < 1.29 is 14.6 Å². The van der Waals surface area contributed by atoms with Gasteiger partial charge in [0.2, 0.25) is 0 Å². The lowest BCUT2D eigenvalue weighted by atomic mass is 9.98. The normalized spacial score (nSPS) is 14.3. The Labute approximate surface area is 192 Å². The van der Waals surface area contributed by atoms with Gasteiger partial charge in [0.05, 0.1) is 19.0 Å². The second-order valence-electron chi connectivity index (χ2n) is 7.73. The number of piperidine rings is 1. The Balaban J connectivity index is 1.53. The fraction of sp³-hybridized carbons (Fsp3) is 0.292. The van der Waals surface area contributed by atoms with Crippen molar-refractivity contribution in [2.75, 3.05) is 36.1 Å². The van der Waals surface area contributed by atoms with Gasteiger partial charge in [0.15, 0.2) is 5.82 Å². The Morgan fingerprint density at radius 3 is 2.56 bits per heavy atom. The Hall–Kier alpha value is -3.16. The molecule has 32 heavy (non-hydrogen) atoms. The van der Waals surface area contributed by atoms with E-state index in [4.69, 9.17) is 26.4 Å². The van der Waals surface area contributed by atoms with E-state index < -0.39 is 5.97 Å². The van der Waals surface area contributed by atoms with Gasteiger partial charge in [0.1, 0.15) is 12.4 Å². The summed E-state index contributed by atoms with van der Waals surface area (Å²) in [5, 5.41) is 9.38. The molecule has 0 unspecified atom stereocenters. The van der Waals surface area contributed by atoms with Crippen LogP contribution in [0.4, 0.5) is 23.0 Å². The number of hydrogen-bond acceptors (Lipinski definition) is 6. The molecule has 0 bridgehead atoms. The summed E-state index contributed by atoms with van der Waals surface area (Å²) in [4.78, 5) is 24.3. The molecule has 0 aliphatic carbocycles. The average molecular weight is 453 g/mol. The summed E-state index contributed by atoms with van der Waals surface area (Å²) in [6, 6.07) is 17.7. The molecule has 1 aliphatic rings. The molecule has 0 atom stereocenters. The molecule has 2 heterocycles. The highest BCUT2D eigenvalue weighted by atomic mass is 35.5. The first-order chi connectivity index (χ1) is 15.6. The summed E-state index contributed by atoms with van der Waals surface area (Å²) in [6.45, 7) is 1.87. The molecule has 1 N–H and O–H groups in total. The van der Waals surface area contributed by atoms with Gasteiger partial charge in [-0.25, -0.2) is 9.78 Å². The zero-order valence-corrected chi connectivity index (χ0v) is 18.4. The van der Waals surface area contributed by atoms with Gasteiger partial charge in [0.25, 0.3) is 0 Å². The number of ether oxygens (including phenoxy) is 1. The minimum absolute atomic E-state index is 0.243. The van der Waals surface area contributed by atoms with Crippen LogP contribution in [0.15, 0.2) is 67.0 Å². The summed E-state index contributed by atoms with van der Waals surface area (Å²) < 4.78 is 5.27. The number of benzene rings is 2. The SMILES string of the molecule is O=C(O)COCC1CCN(c2cncc(N(c3ccccc3)c3cccc(Cl)c3)n2)CC1. The number of carboxylic acids is 1. The van der Waals surface area contributed by atoms with Crippen LogP contribution in [0.25, 0.3) is 0 Å². The van der Waals surface area contributed by atoms with E-state index in [1.54, 1.807) is 12.4 Å². The highest BCUT2D eigenvalue weighted by Gasteiger charge is 2.22. The van der Waals surface area contributed by atoms with E-state index in [0.717, 1.165) is 43.1 Å². The third-order valence-corrected chi connectivity index (χ3v) is 5.67.